The largest absolute Gasteiger partial charge is 0.491 e. The number of halogens is 1. The molecule has 0 radical (unpaired) electrons. The molecule has 0 bridgehead atoms. The molecule has 0 aromatic heterocycles. The number of hydrogen-bond acceptors (Lipinski definition) is 3. The first kappa shape index (κ1) is 13.8. The van der Waals surface area contributed by atoms with Crippen molar-refractivity contribution < 1.29 is 9.84 Å². The molecular weight excluding hydrogens is 238 g/mol. The smallest absolute Gasteiger partial charge is 0.121 e. The third-order valence-corrected chi connectivity index (χ3v) is 3.20. The molecule has 0 spiro atoms. The number of ether oxygens (including phenoxy) is 1. The van der Waals surface area contributed by atoms with Gasteiger partial charge in [0.1, 0.15) is 18.4 Å². The van der Waals surface area contributed by atoms with E-state index in [2.05, 4.69) is 0 Å². The molecule has 0 atom stereocenters. The summed E-state index contributed by atoms with van der Waals surface area (Å²) in [6, 6.07) is 6.85. The van der Waals surface area contributed by atoms with Crippen molar-refractivity contribution >= 4 is 11.6 Å². The first-order valence-corrected chi connectivity index (χ1v) is 5.97. The fourth-order valence-electron chi connectivity index (χ4n) is 1.35. The third-order valence-electron chi connectivity index (χ3n) is 2.88. The standard InChI is InChI=1S/C13H16ClNO2/c1-3-13(16,4-2)9-17-11-6-5-10(8-15)12(14)7-11/h5-7,16H,3-4,9H2,1-2H3. The second-order valence-electron chi connectivity index (χ2n) is 3.97. The summed E-state index contributed by atoms with van der Waals surface area (Å²) in [5, 5.41) is 19.1. The van der Waals surface area contributed by atoms with Crippen LogP contribution in [0.3, 0.4) is 0 Å². The summed E-state index contributed by atoms with van der Waals surface area (Å²) >= 11 is 5.88. The van der Waals surface area contributed by atoms with Crippen molar-refractivity contribution in [3.05, 3.63) is 28.8 Å². The van der Waals surface area contributed by atoms with Crippen molar-refractivity contribution in [2.75, 3.05) is 6.61 Å². The first-order chi connectivity index (χ1) is 8.04. The molecule has 0 amide bonds. The normalized spacial score (nSPS) is 11.0. The van der Waals surface area contributed by atoms with E-state index in [9.17, 15) is 5.11 Å². The molecule has 92 valence electrons. The van der Waals surface area contributed by atoms with Crippen LogP contribution in [0.2, 0.25) is 5.02 Å². The Morgan fingerprint density at radius 1 is 1.41 bits per heavy atom. The van der Waals surface area contributed by atoms with Crippen LogP contribution in [-0.4, -0.2) is 17.3 Å². The predicted molar refractivity (Wildman–Crippen MR) is 67.2 cm³/mol. The average Bonchev–Trinajstić information content (AvgIpc) is 2.36. The number of benzene rings is 1. The van der Waals surface area contributed by atoms with E-state index >= 15 is 0 Å². The van der Waals surface area contributed by atoms with Crippen LogP contribution in [0.25, 0.3) is 0 Å². The molecule has 0 aliphatic heterocycles. The number of nitrogens with zero attached hydrogens (tertiary/aromatic N) is 1. The molecule has 0 saturated heterocycles. The summed E-state index contributed by atoms with van der Waals surface area (Å²) in [6.07, 6.45) is 1.26. The van der Waals surface area contributed by atoms with Crippen LogP contribution < -0.4 is 4.74 Å². The molecule has 1 aromatic rings. The predicted octanol–water partition coefficient (Wildman–Crippen LogP) is 3.14. The van der Waals surface area contributed by atoms with Gasteiger partial charge in [-0.15, -0.1) is 0 Å². The molecule has 4 heteroatoms. The van der Waals surface area contributed by atoms with E-state index in [-0.39, 0.29) is 6.61 Å². The van der Waals surface area contributed by atoms with Gasteiger partial charge in [-0.2, -0.15) is 5.26 Å². The second kappa shape index (κ2) is 5.90. The van der Waals surface area contributed by atoms with E-state index in [1.807, 2.05) is 19.9 Å². The minimum Gasteiger partial charge on any atom is -0.491 e. The summed E-state index contributed by atoms with van der Waals surface area (Å²) in [4.78, 5) is 0. The Hall–Kier alpha value is -1.24. The van der Waals surface area contributed by atoms with Crippen LogP contribution in [-0.2, 0) is 0 Å². The SMILES string of the molecule is CCC(O)(CC)COc1ccc(C#N)c(Cl)c1. The first-order valence-electron chi connectivity index (χ1n) is 5.59. The molecule has 1 N–H and O–H groups in total. The Kier molecular flexibility index (Phi) is 4.80. The second-order valence-corrected chi connectivity index (χ2v) is 4.38. The van der Waals surface area contributed by atoms with Crippen LogP contribution in [0.15, 0.2) is 18.2 Å². The summed E-state index contributed by atoms with van der Waals surface area (Å²) in [7, 11) is 0. The zero-order valence-electron chi connectivity index (χ0n) is 10.0. The Morgan fingerprint density at radius 3 is 2.53 bits per heavy atom. The van der Waals surface area contributed by atoms with Gasteiger partial charge in [-0.05, 0) is 25.0 Å². The quantitative estimate of drug-likeness (QED) is 0.877. The van der Waals surface area contributed by atoms with Gasteiger partial charge in [-0.25, -0.2) is 0 Å². The topological polar surface area (TPSA) is 53.2 Å². The molecule has 0 aliphatic rings. The maximum atomic E-state index is 10.0. The fourth-order valence-corrected chi connectivity index (χ4v) is 1.56. The lowest BCUT2D eigenvalue weighted by molar-refractivity contribution is -0.0113. The van der Waals surface area contributed by atoms with Gasteiger partial charge in [0, 0.05) is 6.07 Å². The van der Waals surface area contributed by atoms with Gasteiger partial charge >= 0.3 is 0 Å². The lowest BCUT2D eigenvalue weighted by Gasteiger charge is -2.25. The summed E-state index contributed by atoms with van der Waals surface area (Å²) in [5.74, 6) is 0.564. The van der Waals surface area contributed by atoms with Gasteiger partial charge in [0.15, 0.2) is 0 Å². The summed E-state index contributed by atoms with van der Waals surface area (Å²) in [6.45, 7) is 4.06. The maximum absolute atomic E-state index is 10.0. The summed E-state index contributed by atoms with van der Waals surface area (Å²) < 4.78 is 5.49. The molecule has 1 aromatic carbocycles. The van der Waals surface area contributed by atoms with Crippen molar-refractivity contribution in [2.45, 2.75) is 32.3 Å². The van der Waals surface area contributed by atoms with E-state index in [4.69, 9.17) is 21.6 Å². The Balaban J connectivity index is 2.71. The van der Waals surface area contributed by atoms with Gasteiger partial charge in [0.25, 0.3) is 0 Å². The highest BCUT2D eigenvalue weighted by Gasteiger charge is 2.23. The van der Waals surface area contributed by atoms with Crippen LogP contribution in [0.5, 0.6) is 5.75 Å². The van der Waals surface area contributed by atoms with Gasteiger partial charge in [0.05, 0.1) is 16.2 Å². The molecular formula is C13H16ClNO2. The van der Waals surface area contributed by atoms with E-state index in [0.717, 1.165) is 0 Å². The van der Waals surface area contributed by atoms with E-state index in [1.165, 1.54) is 0 Å². The maximum Gasteiger partial charge on any atom is 0.121 e. The molecule has 17 heavy (non-hydrogen) atoms. The van der Waals surface area contributed by atoms with Gasteiger partial charge in [-0.3, -0.25) is 0 Å². The van der Waals surface area contributed by atoms with E-state index in [1.54, 1.807) is 18.2 Å². The molecule has 0 aliphatic carbocycles. The van der Waals surface area contributed by atoms with Crippen molar-refractivity contribution in [3.8, 4) is 11.8 Å². The van der Waals surface area contributed by atoms with Crippen LogP contribution >= 0.6 is 11.6 Å². The van der Waals surface area contributed by atoms with Crippen LogP contribution in [0, 0.1) is 11.3 Å². The minimum atomic E-state index is -0.805. The van der Waals surface area contributed by atoms with Crippen molar-refractivity contribution in [2.24, 2.45) is 0 Å². The number of aliphatic hydroxyl groups is 1. The highest BCUT2D eigenvalue weighted by atomic mass is 35.5. The molecule has 0 unspecified atom stereocenters. The lowest BCUT2D eigenvalue weighted by atomic mass is 9.99. The zero-order chi connectivity index (χ0) is 12.9. The molecule has 0 fully saturated rings. The minimum absolute atomic E-state index is 0.224. The molecule has 0 heterocycles. The van der Waals surface area contributed by atoms with Crippen molar-refractivity contribution in [3.63, 3.8) is 0 Å². The van der Waals surface area contributed by atoms with Crippen molar-refractivity contribution in [1.82, 2.24) is 0 Å². The van der Waals surface area contributed by atoms with Crippen LogP contribution in [0.4, 0.5) is 0 Å². The number of hydrogen-bond donors (Lipinski definition) is 1. The highest BCUT2D eigenvalue weighted by molar-refractivity contribution is 6.31. The molecule has 0 saturated carbocycles. The Morgan fingerprint density at radius 2 is 2.06 bits per heavy atom. The zero-order valence-corrected chi connectivity index (χ0v) is 10.8. The number of rotatable bonds is 5. The van der Waals surface area contributed by atoms with Crippen molar-refractivity contribution in [1.29, 1.82) is 5.26 Å². The Labute approximate surface area is 107 Å². The van der Waals surface area contributed by atoms with Crippen LogP contribution in [0.1, 0.15) is 32.3 Å². The van der Waals surface area contributed by atoms with E-state index in [0.29, 0.717) is 29.2 Å². The third kappa shape index (κ3) is 3.62. The fraction of sp³-hybridized carbons (Fsp3) is 0.462. The average molecular weight is 254 g/mol. The Bertz CT molecular complexity index is 422. The molecule has 1 rings (SSSR count). The van der Waals surface area contributed by atoms with Gasteiger partial charge in [-0.1, -0.05) is 25.4 Å². The molecule has 3 nitrogen and oxygen atoms in total. The van der Waals surface area contributed by atoms with E-state index < -0.39 is 5.60 Å². The van der Waals surface area contributed by atoms with Gasteiger partial charge in [0.2, 0.25) is 0 Å². The van der Waals surface area contributed by atoms with Gasteiger partial charge < -0.3 is 9.84 Å². The lowest BCUT2D eigenvalue weighted by Crippen LogP contribution is -2.34. The summed E-state index contributed by atoms with van der Waals surface area (Å²) in [5.41, 5.74) is -0.388. The monoisotopic (exact) mass is 253 g/mol. The highest BCUT2D eigenvalue weighted by Crippen LogP contribution is 2.23. The number of nitriles is 1.